The Morgan fingerprint density at radius 3 is 2.60 bits per heavy atom. The van der Waals surface area contributed by atoms with E-state index in [-0.39, 0.29) is 11.1 Å². The zero-order valence-corrected chi connectivity index (χ0v) is 11.0. The highest BCUT2D eigenvalue weighted by atomic mass is 19.2. The summed E-state index contributed by atoms with van der Waals surface area (Å²) in [4.78, 5) is 12.3. The molecule has 0 fully saturated rings. The van der Waals surface area contributed by atoms with Crippen molar-refractivity contribution >= 4 is 5.78 Å². The van der Waals surface area contributed by atoms with Gasteiger partial charge in [0.1, 0.15) is 0 Å². The van der Waals surface area contributed by atoms with Gasteiger partial charge in [-0.1, -0.05) is 18.2 Å². The summed E-state index contributed by atoms with van der Waals surface area (Å²) in [5, 5.41) is 3.18. The lowest BCUT2D eigenvalue weighted by Crippen LogP contribution is -2.07. The Morgan fingerprint density at radius 2 is 1.80 bits per heavy atom. The maximum absolute atomic E-state index is 13.9. The van der Waals surface area contributed by atoms with Crippen LogP contribution in [0.25, 0.3) is 0 Å². The summed E-state index contributed by atoms with van der Waals surface area (Å²) in [6.07, 6.45) is 0. The molecule has 0 bridgehead atoms. The molecule has 0 aliphatic carbocycles. The summed E-state index contributed by atoms with van der Waals surface area (Å²) in [6, 6.07) is 8.01. The standard InChI is InChI=1S/C16H13F2NO/c1-9-2-5-13(15(18)14(9)17)16(20)10-3-4-11-7-19-8-12(11)6-10/h2-6,19H,7-8H2,1H3. The van der Waals surface area contributed by atoms with Gasteiger partial charge >= 0.3 is 0 Å². The first-order valence-corrected chi connectivity index (χ1v) is 6.40. The Hall–Kier alpha value is -2.07. The molecule has 0 atom stereocenters. The Kier molecular flexibility index (Phi) is 3.10. The van der Waals surface area contributed by atoms with Crippen molar-refractivity contribution in [3.63, 3.8) is 0 Å². The molecule has 1 aliphatic heterocycles. The second-order valence-corrected chi connectivity index (χ2v) is 4.97. The van der Waals surface area contributed by atoms with Gasteiger partial charge in [-0.2, -0.15) is 0 Å². The third-order valence-corrected chi connectivity index (χ3v) is 3.62. The minimum Gasteiger partial charge on any atom is -0.309 e. The van der Waals surface area contributed by atoms with Gasteiger partial charge in [0.05, 0.1) is 5.56 Å². The molecule has 0 amide bonds. The molecule has 0 unspecified atom stereocenters. The molecule has 2 aromatic carbocycles. The summed E-state index contributed by atoms with van der Waals surface area (Å²) in [5.74, 6) is -2.52. The Balaban J connectivity index is 2.03. The second kappa shape index (κ2) is 4.80. The number of carbonyl (C=O) groups is 1. The van der Waals surface area contributed by atoms with E-state index in [1.54, 1.807) is 12.1 Å². The van der Waals surface area contributed by atoms with Gasteiger partial charge in [0.2, 0.25) is 0 Å². The van der Waals surface area contributed by atoms with E-state index in [1.165, 1.54) is 19.1 Å². The minimum absolute atomic E-state index is 0.192. The number of benzene rings is 2. The van der Waals surface area contributed by atoms with E-state index < -0.39 is 17.4 Å². The quantitative estimate of drug-likeness (QED) is 0.852. The van der Waals surface area contributed by atoms with Gasteiger partial charge in [0.15, 0.2) is 17.4 Å². The fourth-order valence-corrected chi connectivity index (χ4v) is 2.41. The van der Waals surface area contributed by atoms with E-state index in [1.807, 2.05) is 6.07 Å². The van der Waals surface area contributed by atoms with E-state index in [9.17, 15) is 13.6 Å². The Bertz CT molecular complexity index is 710. The number of rotatable bonds is 2. The van der Waals surface area contributed by atoms with Crippen LogP contribution >= 0.6 is 0 Å². The molecule has 4 heteroatoms. The Morgan fingerprint density at radius 1 is 1.05 bits per heavy atom. The number of hydrogen-bond acceptors (Lipinski definition) is 2. The van der Waals surface area contributed by atoms with Gasteiger partial charge in [-0.25, -0.2) is 8.78 Å². The average molecular weight is 273 g/mol. The van der Waals surface area contributed by atoms with Crippen molar-refractivity contribution in [2.45, 2.75) is 20.0 Å². The van der Waals surface area contributed by atoms with Crippen LogP contribution in [0.5, 0.6) is 0 Å². The van der Waals surface area contributed by atoms with Crippen LogP contribution in [0.3, 0.4) is 0 Å². The molecule has 0 saturated carbocycles. The van der Waals surface area contributed by atoms with E-state index in [4.69, 9.17) is 0 Å². The lowest BCUT2D eigenvalue weighted by molar-refractivity contribution is 0.103. The predicted molar refractivity (Wildman–Crippen MR) is 71.5 cm³/mol. The van der Waals surface area contributed by atoms with E-state index >= 15 is 0 Å². The molecule has 0 saturated heterocycles. The first kappa shape index (κ1) is 12.9. The summed E-state index contributed by atoms with van der Waals surface area (Å²) >= 11 is 0. The molecule has 1 heterocycles. The maximum Gasteiger partial charge on any atom is 0.196 e. The van der Waals surface area contributed by atoms with Crippen LogP contribution in [0.1, 0.15) is 32.6 Å². The fourth-order valence-electron chi connectivity index (χ4n) is 2.41. The van der Waals surface area contributed by atoms with Crippen LogP contribution in [0, 0.1) is 18.6 Å². The Labute approximate surface area is 115 Å². The molecule has 102 valence electrons. The van der Waals surface area contributed by atoms with Gasteiger partial charge in [0.25, 0.3) is 0 Å². The third-order valence-electron chi connectivity index (χ3n) is 3.62. The predicted octanol–water partition coefficient (Wildman–Crippen LogP) is 3.11. The molecule has 0 radical (unpaired) electrons. The number of carbonyl (C=O) groups excluding carboxylic acids is 1. The second-order valence-electron chi connectivity index (χ2n) is 4.97. The van der Waals surface area contributed by atoms with Crippen LogP contribution in [0.4, 0.5) is 8.78 Å². The van der Waals surface area contributed by atoms with E-state index in [2.05, 4.69) is 5.32 Å². The highest BCUT2D eigenvalue weighted by Crippen LogP contribution is 2.22. The molecule has 0 aromatic heterocycles. The smallest absolute Gasteiger partial charge is 0.196 e. The topological polar surface area (TPSA) is 29.1 Å². The van der Waals surface area contributed by atoms with Crippen LogP contribution in [-0.4, -0.2) is 5.78 Å². The first-order chi connectivity index (χ1) is 9.58. The number of aryl methyl sites for hydroxylation is 1. The molecule has 1 aliphatic rings. The molecular formula is C16H13F2NO. The van der Waals surface area contributed by atoms with Crippen molar-refractivity contribution in [1.82, 2.24) is 5.32 Å². The largest absolute Gasteiger partial charge is 0.309 e. The summed E-state index contributed by atoms with van der Waals surface area (Å²) in [6.45, 7) is 2.94. The molecule has 20 heavy (non-hydrogen) atoms. The van der Waals surface area contributed by atoms with Gasteiger partial charge in [-0.15, -0.1) is 0 Å². The fraction of sp³-hybridized carbons (Fsp3) is 0.188. The zero-order chi connectivity index (χ0) is 14.3. The van der Waals surface area contributed by atoms with Crippen molar-refractivity contribution in [3.8, 4) is 0 Å². The van der Waals surface area contributed by atoms with E-state index in [0.29, 0.717) is 12.1 Å². The van der Waals surface area contributed by atoms with Crippen molar-refractivity contribution in [2.24, 2.45) is 0 Å². The summed E-state index contributed by atoms with van der Waals surface area (Å²) in [5.41, 5.74) is 2.52. The van der Waals surface area contributed by atoms with Crippen LogP contribution in [0.15, 0.2) is 30.3 Å². The first-order valence-electron chi connectivity index (χ1n) is 6.40. The van der Waals surface area contributed by atoms with Crippen LogP contribution < -0.4 is 5.32 Å². The van der Waals surface area contributed by atoms with Crippen LogP contribution in [-0.2, 0) is 13.1 Å². The zero-order valence-electron chi connectivity index (χ0n) is 11.0. The number of hydrogen-bond donors (Lipinski definition) is 1. The highest BCUT2D eigenvalue weighted by molar-refractivity contribution is 6.09. The lowest BCUT2D eigenvalue weighted by atomic mass is 9.98. The summed E-state index contributed by atoms with van der Waals surface area (Å²) < 4.78 is 27.4. The minimum atomic E-state index is -1.08. The molecule has 0 spiro atoms. The van der Waals surface area contributed by atoms with Crippen molar-refractivity contribution < 1.29 is 13.6 Å². The number of fused-ring (bicyclic) bond motifs is 1. The van der Waals surface area contributed by atoms with Crippen molar-refractivity contribution in [2.75, 3.05) is 0 Å². The van der Waals surface area contributed by atoms with E-state index in [0.717, 1.165) is 17.7 Å². The number of nitrogens with one attached hydrogen (secondary N) is 1. The molecule has 1 N–H and O–H groups in total. The lowest BCUT2D eigenvalue weighted by Gasteiger charge is -2.07. The van der Waals surface area contributed by atoms with Gasteiger partial charge in [-0.05, 0) is 35.7 Å². The molecule has 3 rings (SSSR count). The summed E-state index contributed by atoms with van der Waals surface area (Å²) in [7, 11) is 0. The number of halogens is 2. The molecular weight excluding hydrogens is 260 g/mol. The van der Waals surface area contributed by atoms with Gasteiger partial charge in [0, 0.05) is 18.7 Å². The normalized spacial score (nSPS) is 13.3. The van der Waals surface area contributed by atoms with Gasteiger partial charge < -0.3 is 5.32 Å². The molecule has 2 nitrogen and oxygen atoms in total. The molecule has 2 aromatic rings. The number of ketones is 1. The third kappa shape index (κ3) is 2.02. The van der Waals surface area contributed by atoms with Crippen LogP contribution in [0.2, 0.25) is 0 Å². The monoisotopic (exact) mass is 273 g/mol. The van der Waals surface area contributed by atoms with Gasteiger partial charge in [-0.3, -0.25) is 4.79 Å². The average Bonchev–Trinajstić information content (AvgIpc) is 2.91. The maximum atomic E-state index is 13.9. The SMILES string of the molecule is Cc1ccc(C(=O)c2ccc3c(c2)CNC3)c(F)c1F. The van der Waals surface area contributed by atoms with Crippen molar-refractivity contribution in [1.29, 1.82) is 0 Å². The highest BCUT2D eigenvalue weighted by Gasteiger charge is 2.20. The van der Waals surface area contributed by atoms with Crippen molar-refractivity contribution in [3.05, 3.63) is 69.8 Å².